The molecule has 1 aliphatic rings. The lowest BCUT2D eigenvalue weighted by Gasteiger charge is -2.23. The lowest BCUT2D eigenvalue weighted by molar-refractivity contribution is -0.145. The highest BCUT2D eigenvalue weighted by atomic mass is 32.2. The zero-order valence-corrected chi connectivity index (χ0v) is 15.3. The number of ether oxygens (including phenoxy) is 2. The second-order valence-corrected chi connectivity index (χ2v) is 7.72. The van der Waals surface area contributed by atoms with Crippen LogP contribution in [-0.2, 0) is 14.3 Å². The molecule has 1 aliphatic heterocycles. The van der Waals surface area contributed by atoms with Crippen molar-refractivity contribution >= 4 is 29.9 Å². The van der Waals surface area contributed by atoms with Gasteiger partial charge in [0.15, 0.2) is 6.61 Å². The Kier molecular flexibility index (Phi) is 7.83. The molecule has 0 saturated carbocycles. The first-order valence-corrected chi connectivity index (χ1v) is 8.80. The summed E-state index contributed by atoms with van der Waals surface area (Å²) in [5, 5.41) is 20.0. The topological polar surface area (TPSA) is 129 Å². The highest BCUT2D eigenvalue weighted by Gasteiger charge is 2.30. The van der Waals surface area contributed by atoms with Crippen LogP contribution < -0.4 is 5.32 Å². The predicted molar refractivity (Wildman–Crippen MR) is 89.9 cm³/mol. The van der Waals surface area contributed by atoms with Gasteiger partial charge >= 0.3 is 18.2 Å². The van der Waals surface area contributed by atoms with E-state index in [1.165, 1.54) is 16.7 Å². The van der Waals surface area contributed by atoms with E-state index in [4.69, 9.17) is 19.8 Å². The van der Waals surface area contributed by atoms with Crippen molar-refractivity contribution < 1.29 is 29.0 Å². The van der Waals surface area contributed by atoms with E-state index in [9.17, 15) is 14.4 Å². The Labute approximate surface area is 150 Å². The molecule has 140 valence electrons. The van der Waals surface area contributed by atoms with Gasteiger partial charge in [-0.15, -0.1) is 11.8 Å². The van der Waals surface area contributed by atoms with Gasteiger partial charge in [0.25, 0.3) is 0 Å². The van der Waals surface area contributed by atoms with Gasteiger partial charge in [-0.3, -0.25) is 4.90 Å². The average Bonchev–Trinajstić information content (AvgIpc) is 2.96. The summed E-state index contributed by atoms with van der Waals surface area (Å²) in [5.41, 5.74) is -0.714. The lowest BCUT2D eigenvalue weighted by atomic mass is 10.1. The molecule has 0 radical (unpaired) electrons. The summed E-state index contributed by atoms with van der Waals surface area (Å²) in [6, 6.07) is 0.742. The van der Waals surface area contributed by atoms with Crippen molar-refractivity contribution in [3.8, 4) is 6.07 Å². The van der Waals surface area contributed by atoms with E-state index in [2.05, 4.69) is 5.32 Å². The van der Waals surface area contributed by atoms with Gasteiger partial charge in [-0.25, -0.2) is 14.4 Å². The van der Waals surface area contributed by atoms with Crippen LogP contribution in [0, 0.1) is 11.3 Å². The van der Waals surface area contributed by atoms with E-state index >= 15 is 0 Å². The molecule has 2 N–H and O–H groups in total. The van der Waals surface area contributed by atoms with Crippen molar-refractivity contribution in [2.45, 2.75) is 50.5 Å². The summed E-state index contributed by atoms with van der Waals surface area (Å²) in [6.07, 6.45) is -0.963. The van der Waals surface area contributed by atoms with E-state index in [0.717, 1.165) is 0 Å². The average molecular weight is 373 g/mol. The molecule has 1 heterocycles. The number of rotatable bonds is 6. The van der Waals surface area contributed by atoms with Crippen LogP contribution in [0.2, 0.25) is 0 Å². The number of nitriles is 1. The molecule has 0 spiro atoms. The number of carboxylic acid groups (broad SMARTS) is 1. The largest absolute Gasteiger partial charge is 0.465 e. The molecule has 2 atom stereocenters. The Morgan fingerprint density at radius 1 is 1.44 bits per heavy atom. The van der Waals surface area contributed by atoms with Gasteiger partial charge in [0, 0.05) is 11.8 Å². The predicted octanol–water partition coefficient (Wildman–Crippen LogP) is 1.78. The first kappa shape index (κ1) is 20.9. The van der Waals surface area contributed by atoms with Crippen LogP contribution in [-0.4, -0.2) is 64.1 Å². The summed E-state index contributed by atoms with van der Waals surface area (Å²) < 4.78 is 9.91. The Bertz CT molecular complexity index is 542. The molecule has 0 aromatic carbocycles. The fourth-order valence-electron chi connectivity index (χ4n) is 2.11. The summed E-state index contributed by atoms with van der Waals surface area (Å²) in [6.45, 7) is 5.06. The van der Waals surface area contributed by atoms with Crippen LogP contribution in [0.4, 0.5) is 9.59 Å². The van der Waals surface area contributed by atoms with Gasteiger partial charge in [0.05, 0.1) is 5.88 Å². The number of hydrogen-bond acceptors (Lipinski definition) is 7. The molecule has 0 bridgehead atoms. The maximum atomic E-state index is 12.0. The third-order valence-corrected chi connectivity index (χ3v) is 4.51. The van der Waals surface area contributed by atoms with Crippen molar-refractivity contribution in [1.82, 2.24) is 10.2 Å². The zero-order valence-electron chi connectivity index (χ0n) is 14.5. The van der Waals surface area contributed by atoms with E-state index < -0.39 is 36.4 Å². The minimum atomic E-state index is -0.980. The summed E-state index contributed by atoms with van der Waals surface area (Å²) in [5.74, 6) is -0.339. The number of nitrogens with zero attached hydrogens (tertiary/aromatic N) is 2. The summed E-state index contributed by atoms with van der Waals surface area (Å²) in [7, 11) is 0. The molecule has 1 saturated heterocycles. The molecule has 1 unspecified atom stereocenters. The normalized spacial score (nSPS) is 18.2. The maximum absolute atomic E-state index is 12.0. The lowest BCUT2D eigenvalue weighted by Crippen LogP contribution is -2.44. The Morgan fingerprint density at radius 2 is 2.12 bits per heavy atom. The van der Waals surface area contributed by atoms with Crippen LogP contribution in [0.25, 0.3) is 0 Å². The van der Waals surface area contributed by atoms with Crippen LogP contribution in [0.15, 0.2) is 0 Å². The molecule has 2 amide bonds. The van der Waals surface area contributed by atoms with Crippen molar-refractivity contribution in [2.75, 3.05) is 19.0 Å². The molecule has 9 nitrogen and oxygen atoms in total. The molecular formula is C15H23N3O6S. The quantitative estimate of drug-likeness (QED) is 0.674. The molecule has 10 heteroatoms. The first-order valence-electron chi connectivity index (χ1n) is 7.75. The Hall–Kier alpha value is -2.15. The van der Waals surface area contributed by atoms with E-state index in [-0.39, 0.29) is 11.7 Å². The number of esters is 1. The van der Waals surface area contributed by atoms with Crippen LogP contribution in [0.1, 0.15) is 33.6 Å². The van der Waals surface area contributed by atoms with E-state index in [1.807, 2.05) is 0 Å². The van der Waals surface area contributed by atoms with Crippen molar-refractivity contribution in [1.29, 1.82) is 5.26 Å². The number of carbonyl (C=O) groups is 3. The highest BCUT2D eigenvalue weighted by molar-refractivity contribution is 8.00. The van der Waals surface area contributed by atoms with E-state index in [1.54, 1.807) is 26.8 Å². The second kappa shape index (κ2) is 9.36. The van der Waals surface area contributed by atoms with Crippen molar-refractivity contribution in [3.05, 3.63) is 0 Å². The number of carbonyl (C=O) groups excluding carboxylic acids is 2. The fraction of sp³-hybridized carbons (Fsp3) is 0.733. The number of amides is 2. The number of hydrogen-bond donors (Lipinski definition) is 2. The highest BCUT2D eigenvalue weighted by Crippen LogP contribution is 2.26. The number of alkyl carbamates (subject to hydrolysis) is 1. The fourth-order valence-corrected chi connectivity index (χ4v) is 3.30. The molecular weight excluding hydrogens is 350 g/mol. The van der Waals surface area contributed by atoms with Crippen LogP contribution >= 0.6 is 11.8 Å². The smallest absolute Gasteiger partial charge is 0.408 e. The van der Waals surface area contributed by atoms with Crippen LogP contribution in [0.5, 0.6) is 0 Å². The number of nitrogens with one attached hydrogen (secondary N) is 1. The van der Waals surface area contributed by atoms with Gasteiger partial charge in [0.2, 0.25) is 0 Å². The third kappa shape index (κ3) is 7.98. The standard InChI is InChI=1S/C15H23N3O6S/c1-15(2,3)24-13(20)17-11(12(19)23-7-6-16)5-4-10-8-18(9-25-10)14(21)22/h10-11H,4-5,7-9H2,1-3H3,(H,17,20)(H,21,22)/t10?,11-/m0/s1. The third-order valence-electron chi connectivity index (χ3n) is 3.19. The van der Waals surface area contributed by atoms with Gasteiger partial charge in [-0.1, -0.05) is 0 Å². The van der Waals surface area contributed by atoms with Crippen molar-refractivity contribution in [2.24, 2.45) is 0 Å². The molecule has 0 aromatic heterocycles. The first-order chi connectivity index (χ1) is 11.6. The molecule has 0 aliphatic carbocycles. The number of thioether (sulfide) groups is 1. The van der Waals surface area contributed by atoms with Crippen molar-refractivity contribution in [3.63, 3.8) is 0 Å². The Morgan fingerprint density at radius 3 is 2.64 bits per heavy atom. The molecule has 25 heavy (non-hydrogen) atoms. The maximum Gasteiger partial charge on any atom is 0.408 e. The van der Waals surface area contributed by atoms with Crippen LogP contribution in [0.3, 0.4) is 0 Å². The molecule has 0 aromatic rings. The SMILES string of the molecule is CC(C)(C)OC(=O)N[C@@H](CCC1CN(C(=O)O)CS1)C(=O)OCC#N. The summed E-state index contributed by atoms with van der Waals surface area (Å²) >= 11 is 1.48. The van der Waals surface area contributed by atoms with Gasteiger partial charge in [0.1, 0.15) is 17.7 Å². The Balaban J connectivity index is 2.59. The van der Waals surface area contributed by atoms with E-state index in [0.29, 0.717) is 18.8 Å². The summed E-state index contributed by atoms with van der Waals surface area (Å²) in [4.78, 5) is 36.1. The molecule has 1 rings (SSSR count). The minimum Gasteiger partial charge on any atom is -0.465 e. The van der Waals surface area contributed by atoms with Gasteiger partial charge in [-0.2, -0.15) is 5.26 Å². The molecule has 1 fully saturated rings. The minimum absolute atomic E-state index is 0.0304. The zero-order chi connectivity index (χ0) is 19.0. The van der Waals surface area contributed by atoms with Gasteiger partial charge < -0.3 is 19.9 Å². The monoisotopic (exact) mass is 373 g/mol. The van der Waals surface area contributed by atoms with Gasteiger partial charge in [-0.05, 0) is 33.6 Å². The second-order valence-electron chi connectivity index (χ2n) is 6.46.